The maximum atomic E-state index is 12.2. The lowest BCUT2D eigenvalue weighted by Gasteiger charge is -2.08. The molecule has 0 aliphatic carbocycles. The average Bonchev–Trinajstić information content (AvgIpc) is 3.21. The van der Waals surface area contributed by atoms with Crippen molar-refractivity contribution in [2.24, 2.45) is 0 Å². The van der Waals surface area contributed by atoms with Gasteiger partial charge >= 0.3 is 0 Å². The zero-order chi connectivity index (χ0) is 18.4. The van der Waals surface area contributed by atoms with E-state index < -0.39 is 0 Å². The third-order valence-electron chi connectivity index (χ3n) is 3.64. The molecule has 0 saturated heterocycles. The number of rotatable bonds is 5. The molecule has 0 fully saturated rings. The Balaban J connectivity index is 1.62. The van der Waals surface area contributed by atoms with Crippen LogP contribution in [0.3, 0.4) is 0 Å². The molecule has 0 aliphatic heterocycles. The van der Waals surface area contributed by atoms with Crippen LogP contribution in [-0.4, -0.2) is 11.8 Å². The second kappa shape index (κ2) is 7.81. The molecule has 2 N–H and O–H groups in total. The maximum Gasteiger partial charge on any atom is 0.291 e. The normalized spacial score (nSPS) is 9.96. The van der Waals surface area contributed by atoms with Crippen LogP contribution >= 0.6 is 0 Å². The third-order valence-corrected chi connectivity index (χ3v) is 3.64. The molecule has 3 aromatic rings. The minimum atomic E-state index is -0.343. The number of nitrogens with zero attached hydrogens (tertiary/aromatic N) is 1. The van der Waals surface area contributed by atoms with Crippen molar-refractivity contribution in [3.63, 3.8) is 0 Å². The van der Waals surface area contributed by atoms with Crippen molar-refractivity contribution in [1.82, 2.24) is 5.32 Å². The van der Waals surface area contributed by atoms with Gasteiger partial charge in [-0.15, -0.1) is 0 Å². The number of hydrogen-bond donors (Lipinski definition) is 2. The number of benzene rings is 2. The van der Waals surface area contributed by atoms with Gasteiger partial charge in [0.15, 0.2) is 5.76 Å². The van der Waals surface area contributed by atoms with Crippen LogP contribution in [0.4, 0.5) is 5.69 Å². The summed E-state index contributed by atoms with van der Waals surface area (Å²) < 4.78 is 5.05. The lowest BCUT2D eigenvalue weighted by atomic mass is 10.1. The van der Waals surface area contributed by atoms with E-state index in [-0.39, 0.29) is 17.6 Å². The van der Waals surface area contributed by atoms with Gasteiger partial charge < -0.3 is 15.1 Å². The predicted molar refractivity (Wildman–Crippen MR) is 95.4 cm³/mol. The van der Waals surface area contributed by atoms with Crippen molar-refractivity contribution in [3.05, 3.63) is 89.4 Å². The Hall–Kier alpha value is -3.85. The summed E-state index contributed by atoms with van der Waals surface area (Å²) in [6.45, 7) is 0.292. The minimum Gasteiger partial charge on any atom is -0.459 e. The van der Waals surface area contributed by atoms with Crippen molar-refractivity contribution in [2.45, 2.75) is 6.54 Å². The molecule has 0 aliphatic rings. The van der Waals surface area contributed by atoms with Gasteiger partial charge in [0.1, 0.15) is 0 Å². The number of amides is 2. The first-order valence-electron chi connectivity index (χ1n) is 7.88. The number of nitriles is 1. The zero-order valence-electron chi connectivity index (χ0n) is 13.7. The molecular weight excluding hydrogens is 330 g/mol. The molecular formula is C20H15N3O3. The van der Waals surface area contributed by atoms with E-state index in [1.54, 1.807) is 48.5 Å². The Labute approximate surface area is 150 Å². The number of carbonyl (C=O) groups excluding carboxylic acids is 2. The molecule has 0 saturated carbocycles. The monoisotopic (exact) mass is 345 g/mol. The van der Waals surface area contributed by atoms with E-state index >= 15 is 0 Å². The van der Waals surface area contributed by atoms with E-state index in [2.05, 4.69) is 10.6 Å². The summed E-state index contributed by atoms with van der Waals surface area (Å²) in [5.74, 6) is -0.391. The Bertz CT molecular complexity index is 972. The van der Waals surface area contributed by atoms with Crippen LogP contribution in [0.2, 0.25) is 0 Å². The van der Waals surface area contributed by atoms with E-state index in [0.717, 1.165) is 5.56 Å². The van der Waals surface area contributed by atoms with Crippen molar-refractivity contribution >= 4 is 17.5 Å². The minimum absolute atomic E-state index is 0.223. The van der Waals surface area contributed by atoms with Gasteiger partial charge in [-0.3, -0.25) is 9.59 Å². The summed E-state index contributed by atoms with van der Waals surface area (Å²) in [5, 5.41) is 14.4. The highest BCUT2D eigenvalue weighted by Crippen LogP contribution is 2.13. The molecule has 0 atom stereocenters. The van der Waals surface area contributed by atoms with Crippen LogP contribution in [0.5, 0.6) is 0 Å². The van der Waals surface area contributed by atoms with Crippen LogP contribution in [0.25, 0.3) is 0 Å². The van der Waals surface area contributed by atoms with Crippen molar-refractivity contribution in [2.75, 3.05) is 5.32 Å². The molecule has 6 heteroatoms. The lowest BCUT2D eigenvalue weighted by molar-refractivity contribution is 0.0949. The molecule has 2 aromatic carbocycles. The van der Waals surface area contributed by atoms with Gasteiger partial charge in [-0.2, -0.15) is 5.26 Å². The maximum absolute atomic E-state index is 12.2. The number of carbonyl (C=O) groups is 2. The lowest BCUT2D eigenvalue weighted by Crippen LogP contribution is -2.23. The van der Waals surface area contributed by atoms with E-state index in [9.17, 15) is 9.59 Å². The zero-order valence-corrected chi connectivity index (χ0v) is 13.7. The third kappa shape index (κ3) is 4.16. The van der Waals surface area contributed by atoms with Gasteiger partial charge in [0, 0.05) is 17.8 Å². The van der Waals surface area contributed by atoms with E-state index in [4.69, 9.17) is 9.68 Å². The molecule has 0 radical (unpaired) electrons. The van der Waals surface area contributed by atoms with Crippen LogP contribution in [0.15, 0.2) is 71.3 Å². The highest BCUT2D eigenvalue weighted by Gasteiger charge is 2.10. The fraction of sp³-hybridized carbons (Fsp3) is 0.0500. The van der Waals surface area contributed by atoms with E-state index in [1.165, 1.54) is 12.3 Å². The van der Waals surface area contributed by atoms with Crippen LogP contribution in [0, 0.1) is 11.3 Å². The molecule has 2 amide bonds. The van der Waals surface area contributed by atoms with Crippen molar-refractivity contribution < 1.29 is 14.0 Å². The summed E-state index contributed by atoms with van der Waals surface area (Å²) in [5.41, 5.74) is 2.28. The topological polar surface area (TPSA) is 95.1 Å². The molecule has 0 spiro atoms. The molecule has 3 rings (SSSR count). The SMILES string of the molecule is N#Cc1cccc(C(=O)NCc2cccc(NC(=O)c3ccco3)c2)c1. The summed E-state index contributed by atoms with van der Waals surface area (Å²) in [7, 11) is 0. The smallest absolute Gasteiger partial charge is 0.291 e. The van der Waals surface area contributed by atoms with E-state index in [1.807, 2.05) is 12.1 Å². The number of nitrogens with one attached hydrogen (secondary N) is 2. The average molecular weight is 345 g/mol. The van der Waals surface area contributed by atoms with Crippen LogP contribution < -0.4 is 10.6 Å². The first-order valence-corrected chi connectivity index (χ1v) is 7.88. The van der Waals surface area contributed by atoms with Gasteiger partial charge in [-0.1, -0.05) is 18.2 Å². The highest BCUT2D eigenvalue weighted by atomic mass is 16.3. The van der Waals surface area contributed by atoms with Gasteiger partial charge in [-0.25, -0.2) is 0 Å². The number of anilines is 1. The number of furan rings is 1. The Morgan fingerprint density at radius 2 is 1.85 bits per heavy atom. The van der Waals surface area contributed by atoms with Crippen LogP contribution in [0.1, 0.15) is 32.0 Å². The summed E-state index contributed by atoms with van der Waals surface area (Å²) in [4.78, 5) is 24.2. The second-order valence-electron chi connectivity index (χ2n) is 5.51. The Morgan fingerprint density at radius 1 is 1.00 bits per heavy atom. The molecule has 26 heavy (non-hydrogen) atoms. The predicted octanol–water partition coefficient (Wildman–Crippen LogP) is 3.33. The van der Waals surface area contributed by atoms with Gasteiger partial charge in [0.2, 0.25) is 0 Å². The van der Waals surface area contributed by atoms with Gasteiger partial charge in [0.05, 0.1) is 17.9 Å². The molecule has 0 unspecified atom stereocenters. The molecule has 0 bridgehead atoms. The standard InChI is InChI=1S/C20H15N3O3/c21-12-14-4-1-6-16(10-14)19(24)22-13-15-5-2-7-17(11-15)23-20(25)18-8-3-9-26-18/h1-11H,13H2,(H,22,24)(H,23,25). The fourth-order valence-electron chi connectivity index (χ4n) is 2.37. The van der Waals surface area contributed by atoms with Gasteiger partial charge in [0.25, 0.3) is 11.8 Å². The molecule has 6 nitrogen and oxygen atoms in total. The summed E-state index contributed by atoms with van der Waals surface area (Å²) >= 11 is 0. The Morgan fingerprint density at radius 3 is 2.62 bits per heavy atom. The number of hydrogen-bond acceptors (Lipinski definition) is 4. The first kappa shape index (κ1) is 17.0. The first-order chi connectivity index (χ1) is 12.7. The Kier molecular flexibility index (Phi) is 5.11. The largest absolute Gasteiger partial charge is 0.459 e. The van der Waals surface area contributed by atoms with E-state index in [0.29, 0.717) is 23.4 Å². The molecule has 128 valence electrons. The second-order valence-corrected chi connectivity index (χ2v) is 5.51. The molecule has 1 heterocycles. The van der Waals surface area contributed by atoms with Crippen molar-refractivity contribution in [3.8, 4) is 6.07 Å². The fourth-order valence-corrected chi connectivity index (χ4v) is 2.37. The quantitative estimate of drug-likeness (QED) is 0.741. The summed E-state index contributed by atoms with van der Waals surface area (Å²) in [6.07, 6.45) is 1.43. The van der Waals surface area contributed by atoms with Crippen molar-refractivity contribution in [1.29, 1.82) is 5.26 Å². The highest BCUT2D eigenvalue weighted by molar-refractivity contribution is 6.02. The van der Waals surface area contributed by atoms with Crippen LogP contribution in [-0.2, 0) is 6.54 Å². The van der Waals surface area contributed by atoms with Gasteiger partial charge in [-0.05, 0) is 48.0 Å². The summed E-state index contributed by atoms with van der Waals surface area (Å²) in [6, 6.07) is 18.9. The molecule has 1 aromatic heterocycles.